The lowest BCUT2D eigenvalue weighted by Gasteiger charge is -2.04. The molecule has 0 atom stereocenters. The summed E-state index contributed by atoms with van der Waals surface area (Å²) in [5, 5.41) is 11.5. The number of thioether (sulfide) groups is 1. The number of hydrogen-bond acceptors (Lipinski definition) is 5. The molecule has 0 bridgehead atoms. The number of hydrogen-bond donors (Lipinski definition) is 1. The van der Waals surface area contributed by atoms with Crippen LogP contribution in [0, 0.1) is 10.1 Å². The molecule has 1 aromatic carbocycles. The Morgan fingerprint density at radius 3 is 2.75 bits per heavy atom. The first-order valence-electron chi connectivity index (χ1n) is 7.21. The number of nitrogens with zero attached hydrogens (tertiary/aromatic N) is 3. The predicted octanol–water partition coefficient (Wildman–Crippen LogP) is 2.94. The SMILES string of the molecule is O=c1ccc([N+](=O)[O-])cn1CCSc1ncc(-c2ccccc2)[nH]1. The van der Waals surface area contributed by atoms with Crippen molar-refractivity contribution in [3.05, 3.63) is 75.3 Å². The van der Waals surface area contributed by atoms with E-state index in [0.717, 1.165) is 16.4 Å². The summed E-state index contributed by atoms with van der Waals surface area (Å²) in [6, 6.07) is 12.3. The average molecular weight is 342 g/mol. The molecule has 24 heavy (non-hydrogen) atoms. The molecule has 0 spiro atoms. The van der Waals surface area contributed by atoms with Crippen LogP contribution >= 0.6 is 11.8 Å². The summed E-state index contributed by atoms with van der Waals surface area (Å²) in [4.78, 5) is 29.5. The molecule has 122 valence electrons. The number of aryl methyl sites for hydroxylation is 1. The summed E-state index contributed by atoms with van der Waals surface area (Å²) in [7, 11) is 0. The molecule has 2 aromatic heterocycles. The van der Waals surface area contributed by atoms with Gasteiger partial charge in [-0.1, -0.05) is 42.1 Å². The number of benzene rings is 1. The third kappa shape index (κ3) is 3.72. The molecule has 0 unspecified atom stereocenters. The Morgan fingerprint density at radius 2 is 2.00 bits per heavy atom. The van der Waals surface area contributed by atoms with Crippen LogP contribution in [0.3, 0.4) is 0 Å². The van der Waals surface area contributed by atoms with Crippen LogP contribution in [0.4, 0.5) is 5.69 Å². The second-order valence-corrected chi connectivity index (χ2v) is 6.08. The number of H-pyrrole nitrogens is 1. The van der Waals surface area contributed by atoms with Gasteiger partial charge in [0.05, 0.1) is 23.0 Å². The quantitative estimate of drug-likeness (QED) is 0.422. The van der Waals surface area contributed by atoms with Gasteiger partial charge in [0.15, 0.2) is 5.16 Å². The highest BCUT2D eigenvalue weighted by molar-refractivity contribution is 7.99. The van der Waals surface area contributed by atoms with Crippen molar-refractivity contribution in [2.45, 2.75) is 11.7 Å². The van der Waals surface area contributed by atoms with E-state index in [1.165, 1.54) is 34.7 Å². The van der Waals surface area contributed by atoms with Crippen LogP contribution in [-0.4, -0.2) is 25.2 Å². The number of imidazole rings is 1. The molecule has 0 fully saturated rings. The fourth-order valence-electron chi connectivity index (χ4n) is 2.18. The summed E-state index contributed by atoms with van der Waals surface area (Å²) in [6.07, 6.45) is 3.03. The molecule has 0 saturated heterocycles. The molecule has 1 N–H and O–H groups in total. The minimum absolute atomic E-state index is 0.0936. The molecule has 3 rings (SSSR count). The fourth-order valence-corrected chi connectivity index (χ4v) is 2.97. The van der Waals surface area contributed by atoms with Gasteiger partial charge < -0.3 is 9.55 Å². The van der Waals surface area contributed by atoms with Gasteiger partial charge in [-0.15, -0.1) is 0 Å². The summed E-state index contributed by atoms with van der Waals surface area (Å²) in [5.41, 5.74) is 1.62. The second-order valence-electron chi connectivity index (χ2n) is 4.99. The zero-order valence-electron chi connectivity index (χ0n) is 12.6. The molecule has 7 nitrogen and oxygen atoms in total. The van der Waals surface area contributed by atoms with E-state index in [-0.39, 0.29) is 11.2 Å². The fraction of sp³-hybridized carbons (Fsp3) is 0.125. The Kier molecular flexibility index (Phi) is 4.76. The number of nitro groups is 1. The number of nitrogens with one attached hydrogen (secondary N) is 1. The normalized spacial score (nSPS) is 10.7. The Hall–Kier alpha value is -2.87. The first-order valence-corrected chi connectivity index (χ1v) is 8.20. The highest BCUT2D eigenvalue weighted by Crippen LogP contribution is 2.21. The molecular weight excluding hydrogens is 328 g/mol. The van der Waals surface area contributed by atoms with Gasteiger partial charge in [-0.3, -0.25) is 14.9 Å². The summed E-state index contributed by atoms with van der Waals surface area (Å²) < 4.78 is 1.34. The topological polar surface area (TPSA) is 93.8 Å². The molecule has 0 aliphatic rings. The van der Waals surface area contributed by atoms with E-state index in [9.17, 15) is 14.9 Å². The van der Waals surface area contributed by atoms with Crippen molar-refractivity contribution in [3.8, 4) is 11.3 Å². The van der Waals surface area contributed by atoms with Crippen LogP contribution in [0.2, 0.25) is 0 Å². The monoisotopic (exact) mass is 342 g/mol. The van der Waals surface area contributed by atoms with Gasteiger partial charge >= 0.3 is 0 Å². The second kappa shape index (κ2) is 7.14. The number of aromatic nitrogens is 3. The smallest absolute Gasteiger partial charge is 0.285 e. The summed E-state index contributed by atoms with van der Waals surface area (Å²) in [6.45, 7) is 0.368. The van der Waals surface area contributed by atoms with Gasteiger partial charge in [0.1, 0.15) is 0 Å². The zero-order chi connectivity index (χ0) is 16.9. The van der Waals surface area contributed by atoms with Crippen molar-refractivity contribution in [1.82, 2.24) is 14.5 Å². The molecule has 0 aliphatic heterocycles. The maximum Gasteiger partial charge on any atom is 0.285 e. The van der Waals surface area contributed by atoms with Crippen molar-refractivity contribution in [1.29, 1.82) is 0 Å². The molecule has 2 heterocycles. The minimum Gasteiger partial charge on any atom is -0.333 e. The van der Waals surface area contributed by atoms with Crippen molar-refractivity contribution in [3.63, 3.8) is 0 Å². The molecule has 0 radical (unpaired) electrons. The predicted molar refractivity (Wildman–Crippen MR) is 92.1 cm³/mol. The van der Waals surface area contributed by atoms with Crippen molar-refractivity contribution in [2.75, 3.05) is 5.75 Å². The van der Waals surface area contributed by atoms with Crippen molar-refractivity contribution in [2.24, 2.45) is 0 Å². The van der Waals surface area contributed by atoms with E-state index in [4.69, 9.17) is 0 Å². The van der Waals surface area contributed by atoms with Crippen LogP contribution in [0.25, 0.3) is 11.3 Å². The molecule has 3 aromatic rings. The highest BCUT2D eigenvalue weighted by Gasteiger charge is 2.08. The molecule has 0 saturated carbocycles. The van der Waals surface area contributed by atoms with Crippen LogP contribution in [-0.2, 0) is 6.54 Å². The standard InChI is InChI=1S/C16H14N4O3S/c21-15-7-6-13(20(22)23)11-19(15)8-9-24-16-17-10-14(18-16)12-4-2-1-3-5-12/h1-7,10-11H,8-9H2,(H,17,18). The Balaban J connectivity index is 1.63. The average Bonchev–Trinajstić information content (AvgIpc) is 3.06. The molecule has 0 amide bonds. The Morgan fingerprint density at radius 1 is 1.21 bits per heavy atom. The van der Waals surface area contributed by atoms with Gasteiger partial charge in [-0.2, -0.15) is 0 Å². The van der Waals surface area contributed by atoms with E-state index in [2.05, 4.69) is 9.97 Å². The van der Waals surface area contributed by atoms with E-state index < -0.39 is 4.92 Å². The third-order valence-electron chi connectivity index (χ3n) is 3.39. The Labute approximate surface area is 141 Å². The van der Waals surface area contributed by atoms with Crippen LogP contribution in [0.5, 0.6) is 0 Å². The number of aromatic amines is 1. The van der Waals surface area contributed by atoms with Gasteiger partial charge in [0, 0.05) is 24.4 Å². The van der Waals surface area contributed by atoms with Gasteiger partial charge in [-0.25, -0.2) is 4.98 Å². The maximum absolute atomic E-state index is 11.7. The number of rotatable bonds is 6. The number of pyridine rings is 1. The maximum atomic E-state index is 11.7. The van der Waals surface area contributed by atoms with Crippen LogP contribution in [0.15, 0.2) is 64.8 Å². The van der Waals surface area contributed by atoms with Gasteiger partial charge in [-0.05, 0) is 5.56 Å². The van der Waals surface area contributed by atoms with E-state index in [1.54, 1.807) is 6.20 Å². The van der Waals surface area contributed by atoms with E-state index in [0.29, 0.717) is 12.3 Å². The first kappa shape index (κ1) is 16.0. The largest absolute Gasteiger partial charge is 0.333 e. The molecule has 0 aliphatic carbocycles. The minimum atomic E-state index is -0.512. The summed E-state index contributed by atoms with van der Waals surface area (Å²) in [5.74, 6) is 0.572. The molecule has 8 heteroatoms. The van der Waals surface area contributed by atoms with Crippen LogP contribution < -0.4 is 5.56 Å². The Bertz CT molecular complexity index is 905. The van der Waals surface area contributed by atoms with Gasteiger partial charge in [0.25, 0.3) is 11.2 Å². The zero-order valence-corrected chi connectivity index (χ0v) is 13.4. The lowest BCUT2D eigenvalue weighted by molar-refractivity contribution is -0.385. The van der Waals surface area contributed by atoms with E-state index in [1.807, 2.05) is 30.3 Å². The lowest BCUT2D eigenvalue weighted by atomic mass is 10.2. The highest BCUT2D eigenvalue weighted by atomic mass is 32.2. The first-order chi connectivity index (χ1) is 11.6. The van der Waals surface area contributed by atoms with Crippen molar-refractivity contribution >= 4 is 17.4 Å². The van der Waals surface area contributed by atoms with Crippen molar-refractivity contribution < 1.29 is 4.92 Å². The third-order valence-corrected chi connectivity index (χ3v) is 4.25. The summed E-state index contributed by atoms with van der Waals surface area (Å²) >= 11 is 1.46. The lowest BCUT2D eigenvalue weighted by Crippen LogP contribution is -2.19. The molecular formula is C16H14N4O3S. The van der Waals surface area contributed by atoms with Crippen LogP contribution in [0.1, 0.15) is 0 Å². The van der Waals surface area contributed by atoms with E-state index >= 15 is 0 Å². The van der Waals surface area contributed by atoms with Gasteiger partial charge in [0.2, 0.25) is 0 Å².